The average molecular weight is 369 g/mol. The number of unbranched alkanes of at least 4 members (excludes halogenated alkanes) is 4. The Labute approximate surface area is 159 Å². The lowest BCUT2D eigenvalue weighted by molar-refractivity contribution is 0.419. The molecule has 1 N–H and O–H groups in total. The van der Waals surface area contributed by atoms with Crippen LogP contribution in [0.3, 0.4) is 0 Å². The Morgan fingerprint density at radius 3 is 2.59 bits per heavy atom. The minimum atomic E-state index is -0.418. The van der Waals surface area contributed by atoms with Crippen molar-refractivity contribution in [2.24, 2.45) is 0 Å². The van der Waals surface area contributed by atoms with E-state index < -0.39 is 5.63 Å². The van der Waals surface area contributed by atoms with Gasteiger partial charge in [-0.25, -0.2) is 4.79 Å². The molecular formula is C22H27NO4. The number of methoxy groups -OCH3 is 1. The number of fused-ring (bicyclic) bond motifs is 3. The fourth-order valence-electron chi connectivity index (χ4n) is 3.46. The Kier molecular flexibility index (Phi) is 5.89. The average Bonchev–Trinajstić information content (AvgIpc) is 2.66. The second-order valence-corrected chi connectivity index (χ2v) is 6.98. The molecule has 3 aromatic rings. The first kappa shape index (κ1) is 19.1. The highest BCUT2D eigenvalue weighted by atomic mass is 16.5. The fraction of sp³-hybridized carbons (Fsp3) is 0.409. The van der Waals surface area contributed by atoms with Crippen LogP contribution in [0.4, 0.5) is 5.69 Å². The number of hydrogen-bond acceptors (Lipinski definition) is 5. The number of nitrogens with zero attached hydrogens (tertiary/aromatic N) is 1. The molecule has 0 bridgehead atoms. The van der Waals surface area contributed by atoms with Gasteiger partial charge in [0, 0.05) is 36.8 Å². The van der Waals surface area contributed by atoms with Crippen molar-refractivity contribution in [2.45, 2.75) is 39.0 Å². The van der Waals surface area contributed by atoms with Crippen molar-refractivity contribution >= 4 is 27.4 Å². The highest BCUT2D eigenvalue weighted by molar-refractivity contribution is 6.09. The molecule has 0 saturated heterocycles. The zero-order valence-electron chi connectivity index (χ0n) is 16.2. The van der Waals surface area contributed by atoms with E-state index in [0.717, 1.165) is 18.7 Å². The van der Waals surface area contributed by atoms with Crippen molar-refractivity contribution in [3.8, 4) is 11.5 Å². The lowest BCUT2D eigenvalue weighted by Crippen LogP contribution is -2.18. The normalized spacial score (nSPS) is 11.2. The summed E-state index contributed by atoms with van der Waals surface area (Å²) in [4.78, 5) is 14.5. The summed E-state index contributed by atoms with van der Waals surface area (Å²) in [6.07, 6.45) is 6.10. The molecule has 2 aromatic carbocycles. The summed E-state index contributed by atoms with van der Waals surface area (Å²) < 4.78 is 11.2. The highest BCUT2D eigenvalue weighted by Gasteiger charge is 2.15. The van der Waals surface area contributed by atoms with Gasteiger partial charge in [-0.3, -0.25) is 0 Å². The standard InChI is InChI=1S/C22H27NO4/c1-4-5-6-7-8-11-23(2)15-12-19(26-3)21-18-14-16(24)9-10-17(18)22(25)27-20(21)13-15/h9-10,12-14,24H,4-8,11H2,1-3H3. The first-order valence-corrected chi connectivity index (χ1v) is 9.54. The second kappa shape index (κ2) is 8.33. The van der Waals surface area contributed by atoms with E-state index in [2.05, 4.69) is 11.8 Å². The maximum Gasteiger partial charge on any atom is 0.344 e. The number of benzene rings is 2. The van der Waals surface area contributed by atoms with Crippen LogP contribution in [0.1, 0.15) is 39.0 Å². The summed E-state index contributed by atoms with van der Waals surface area (Å²) >= 11 is 0. The monoisotopic (exact) mass is 369 g/mol. The van der Waals surface area contributed by atoms with E-state index in [1.807, 2.05) is 19.2 Å². The SMILES string of the molecule is CCCCCCCN(C)c1cc(OC)c2c(c1)oc(=O)c1ccc(O)cc12. The van der Waals surface area contributed by atoms with Gasteiger partial charge in [-0.05, 0) is 24.6 Å². The molecule has 27 heavy (non-hydrogen) atoms. The van der Waals surface area contributed by atoms with Crippen molar-refractivity contribution < 1.29 is 14.3 Å². The number of phenolic OH excluding ortho intramolecular Hbond substituents is 1. The van der Waals surface area contributed by atoms with Crippen LogP contribution < -0.4 is 15.3 Å². The molecule has 0 aliphatic heterocycles. The topological polar surface area (TPSA) is 62.9 Å². The molecule has 0 saturated carbocycles. The number of ether oxygens (including phenoxy) is 1. The van der Waals surface area contributed by atoms with Crippen molar-refractivity contribution in [1.29, 1.82) is 0 Å². The lowest BCUT2D eigenvalue weighted by atomic mass is 10.1. The van der Waals surface area contributed by atoms with Crippen LogP contribution >= 0.6 is 0 Å². The number of rotatable bonds is 8. The van der Waals surface area contributed by atoms with Crippen LogP contribution in [-0.4, -0.2) is 25.8 Å². The Morgan fingerprint density at radius 1 is 1.07 bits per heavy atom. The van der Waals surface area contributed by atoms with Gasteiger partial charge in [-0.15, -0.1) is 0 Å². The van der Waals surface area contributed by atoms with Gasteiger partial charge in [0.25, 0.3) is 0 Å². The maximum absolute atomic E-state index is 12.4. The van der Waals surface area contributed by atoms with Crippen molar-refractivity contribution in [1.82, 2.24) is 0 Å². The van der Waals surface area contributed by atoms with E-state index >= 15 is 0 Å². The molecule has 0 fully saturated rings. The van der Waals surface area contributed by atoms with Crippen LogP contribution in [0.25, 0.3) is 21.7 Å². The van der Waals surface area contributed by atoms with Crippen molar-refractivity contribution in [2.75, 3.05) is 25.6 Å². The van der Waals surface area contributed by atoms with Crippen molar-refractivity contribution in [3.05, 3.63) is 40.8 Å². The van der Waals surface area contributed by atoms with E-state index in [4.69, 9.17) is 9.15 Å². The summed E-state index contributed by atoms with van der Waals surface area (Å²) in [5.41, 5.74) is 0.988. The third kappa shape index (κ3) is 4.02. The summed E-state index contributed by atoms with van der Waals surface area (Å²) in [5, 5.41) is 11.6. The van der Waals surface area contributed by atoms with Gasteiger partial charge >= 0.3 is 5.63 Å². The van der Waals surface area contributed by atoms with Gasteiger partial charge < -0.3 is 19.2 Å². The van der Waals surface area contributed by atoms with Crippen LogP contribution in [0.2, 0.25) is 0 Å². The molecule has 0 amide bonds. The summed E-state index contributed by atoms with van der Waals surface area (Å²) in [6.45, 7) is 3.14. The minimum absolute atomic E-state index is 0.102. The van der Waals surface area contributed by atoms with E-state index in [1.54, 1.807) is 19.2 Å². The van der Waals surface area contributed by atoms with Crippen LogP contribution in [0, 0.1) is 0 Å². The van der Waals surface area contributed by atoms with Gasteiger partial charge in [0.2, 0.25) is 0 Å². The predicted molar refractivity (Wildman–Crippen MR) is 110 cm³/mol. The quantitative estimate of drug-likeness (QED) is 0.341. The van der Waals surface area contributed by atoms with Gasteiger partial charge in [0.05, 0.1) is 17.9 Å². The second-order valence-electron chi connectivity index (χ2n) is 6.98. The predicted octanol–water partition coefficient (Wildman–Crippen LogP) is 5.07. The van der Waals surface area contributed by atoms with Crippen LogP contribution in [0.15, 0.2) is 39.5 Å². The molecule has 0 aliphatic rings. The molecule has 0 atom stereocenters. The molecule has 0 unspecified atom stereocenters. The minimum Gasteiger partial charge on any atom is -0.508 e. The largest absolute Gasteiger partial charge is 0.508 e. The third-order valence-corrected chi connectivity index (χ3v) is 5.00. The molecule has 0 radical (unpaired) electrons. The molecule has 0 spiro atoms. The molecule has 144 valence electrons. The van der Waals surface area contributed by atoms with Gasteiger partial charge in [-0.1, -0.05) is 32.6 Å². The van der Waals surface area contributed by atoms with Gasteiger partial charge in [-0.2, -0.15) is 0 Å². The summed E-state index contributed by atoms with van der Waals surface area (Å²) in [7, 11) is 3.63. The maximum atomic E-state index is 12.4. The zero-order chi connectivity index (χ0) is 19.4. The molecule has 0 aliphatic carbocycles. The van der Waals surface area contributed by atoms with E-state index in [1.165, 1.54) is 31.7 Å². The third-order valence-electron chi connectivity index (χ3n) is 5.00. The summed E-state index contributed by atoms with van der Waals surface area (Å²) in [5.74, 6) is 0.726. The smallest absolute Gasteiger partial charge is 0.344 e. The molecule has 3 rings (SSSR count). The molecule has 1 heterocycles. The zero-order valence-corrected chi connectivity index (χ0v) is 16.2. The Balaban J connectivity index is 2.00. The number of phenols is 1. The fourth-order valence-corrected chi connectivity index (χ4v) is 3.46. The highest BCUT2D eigenvalue weighted by Crippen LogP contribution is 2.36. The molecule has 5 nitrogen and oxygen atoms in total. The van der Waals surface area contributed by atoms with Crippen molar-refractivity contribution in [3.63, 3.8) is 0 Å². The molecule has 1 aromatic heterocycles. The lowest BCUT2D eigenvalue weighted by Gasteiger charge is -2.21. The molecular weight excluding hydrogens is 342 g/mol. The molecule has 5 heteroatoms. The number of anilines is 1. The van der Waals surface area contributed by atoms with Gasteiger partial charge in [0.1, 0.15) is 17.1 Å². The van der Waals surface area contributed by atoms with Gasteiger partial charge in [0.15, 0.2) is 0 Å². The van der Waals surface area contributed by atoms with Crippen LogP contribution in [0.5, 0.6) is 11.5 Å². The number of aromatic hydroxyl groups is 1. The van der Waals surface area contributed by atoms with E-state index in [9.17, 15) is 9.90 Å². The summed E-state index contributed by atoms with van der Waals surface area (Å²) in [6, 6.07) is 8.46. The first-order chi connectivity index (χ1) is 13.0. The Bertz CT molecular complexity index is 993. The first-order valence-electron chi connectivity index (χ1n) is 9.54. The Hall–Kier alpha value is -2.69. The van der Waals surface area contributed by atoms with E-state index in [-0.39, 0.29) is 5.75 Å². The van der Waals surface area contributed by atoms with E-state index in [0.29, 0.717) is 27.5 Å². The number of hydrogen-bond donors (Lipinski definition) is 1. The van der Waals surface area contributed by atoms with Crippen LogP contribution in [-0.2, 0) is 0 Å². The Morgan fingerprint density at radius 2 is 1.85 bits per heavy atom.